The largest absolute Gasteiger partial charge is 0.337 e. The molecule has 2 N–H and O–H groups in total. The molecule has 0 bridgehead atoms. The molecule has 6 heteroatoms. The van der Waals surface area contributed by atoms with Crippen molar-refractivity contribution in [3.05, 3.63) is 43.9 Å². The molecule has 0 aliphatic heterocycles. The van der Waals surface area contributed by atoms with E-state index in [9.17, 15) is 14.9 Å². The fraction of sp³-hybridized carbons (Fsp3) is 0.300. The summed E-state index contributed by atoms with van der Waals surface area (Å²) in [7, 11) is 1.80. The van der Waals surface area contributed by atoms with Gasteiger partial charge >= 0.3 is 11.2 Å². The van der Waals surface area contributed by atoms with Crippen LogP contribution in [0.1, 0.15) is 11.1 Å². The molecule has 0 radical (unpaired) electrons. The van der Waals surface area contributed by atoms with Gasteiger partial charge < -0.3 is 10.3 Å². The molecule has 0 aliphatic carbocycles. The highest BCUT2D eigenvalue weighted by molar-refractivity contribution is 5.57. The van der Waals surface area contributed by atoms with E-state index in [1.165, 1.54) is 6.20 Å². The minimum Gasteiger partial charge on any atom is -0.323 e. The maximum Gasteiger partial charge on any atom is 0.337 e. The lowest BCUT2D eigenvalue weighted by molar-refractivity contribution is -0.386. The molecule has 0 aromatic carbocycles. The summed E-state index contributed by atoms with van der Waals surface area (Å²) in [6, 6.07) is 0. The normalized spacial score (nSPS) is 10.9. The summed E-state index contributed by atoms with van der Waals surface area (Å²) in [5, 5.41) is 13.6. The van der Waals surface area contributed by atoms with Crippen molar-refractivity contribution in [3.8, 4) is 0 Å². The van der Waals surface area contributed by atoms with Crippen LogP contribution in [-0.2, 0) is 0 Å². The molecule has 0 spiro atoms. The van der Waals surface area contributed by atoms with Gasteiger partial charge in [0.1, 0.15) is 0 Å². The summed E-state index contributed by atoms with van der Waals surface area (Å²) in [5.74, 6) is 0. The summed E-state index contributed by atoms with van der Waals surface area (Å²) in [4.78, 5) is 23.6. The predicted octanol–water partition coefficient (Wildman–Crippen LogP) is 0.824. The quantitative estimate of drug-likeness (QED) is 0.584. The van der Waals surface area contributed by atoms with Crippen molar-refractivity contribution in [1.82, 2.24) is 10.3 Å². The average molecular weight is 223 g/mol. The van der Waals surface area contributed by atoms with Gasteiger partial charge in [-0.3, -0.25) is 14.9 Å². The summed E-state index contributed by atoms with van der Waals surface area (Å²) in [6.45, 7) is 2.22. The molecule has 0 atom stereocenters. The van der Waals surface area contributed by atoms with Gasteiger partial charge in [-0.25, -0.2) is 0 Å². The number of hydrogen-bond acceptors (Lipinski definition) is 4. The predicted molar refractivity (Wildman–Crippen MR) is 61.4 cm³/mol. The van der Waals surface area contributed by atoms with Gasteiger partial charge in [0.15, 0.2) is 0 Å². The lowest BCUT2D eigenvalue weighted by Crippen LogP contribution is -2.13. The molecule has 86 valence electrons. The molecule has 0 unspecified atom stereocenters. The summed E-state index contributed by atoms with van der Waals surface area (Å²) in [5.41, 5.74) is -0.0532. The fourth-order valence-corrected chi connectivity index (χ4v) is 1.32. The molecule has 0 saturated carbocycles. The van der Waals surface area contributed by atoms with Crippen molar-refractivity contribution in [2.45, 2.75) is 6.92 Å². The van der Waals surface area contributed by atoms with Gasteiger partial charge in [-0.15, -0.1) is 0 Å². The molecule has 1 aromatic heterocycles. The molecular formula is C10H13N3O3. The number of hydrogen-bond donors (Lipinski definition) is 2. The van der Waals surface area contributed by atoms with Crippen LogP contribution >= 0.6 is 0 Å². The van der Waals surface area contributed by atoms with Crippen LogP contribution in [0.5, 0.6) is 0 Å². The minimum atomic E-state index is -0.673. The molecular weight excluding hydrogens is 210 g/mol. The highest BCUT2D eigenvalue weighted by Gasteiger charge is 2.17. The Labute approximate surface area is 92.2 Å². The van der Waals surface area contributed by atoms with Gasteiger partial charge in [-0.2, -0.15) is 0 Å². The lowest BCUT2D eigenvalue weighted by atomic mass is 10.1. The van der Waals surface area contributed by atoms with Crippen LogP contribution in [0, 0.1) is 17.0 Å². The van der Waals surface area contributed by atoms with E-state index in [0.717, 1.165) is 0 Å². The zero-order chi connectivity index (χ0) is 12.1. The van der Waals surface area contributed by atoms with Gasteiger partial charge in [0.05, 0.1) is 4.92 Å². The Morgan fingerprint density at radius 3 is 2.88 bits per heavy atom. The maximum absolute atomic E-state index is 11.2. The SMILES string of the molecule is CNCC=Cc1c[nH]c(=O)c([N+](=O)[O-])c1C. The van der Waals surface area contributed by atoms with Crippen LogP contribution in [0.3, 0.4) is 0 Å². The number of nitro groups is 1. The second kappa shape index (κ2) is 5.22. The first kappa shape index (κ1) is 12.1. The van der Waals surface area contributed by atoms with Gasteiger partial charge in [-0.05, 0) is 14.0 Å². The van der Waals surface area contributed by atoms with Gasteiger partial charge in [0.2, 0.25) is 0 Å². The zero-order valence-corrected chi connectivity index (χ0v) is 9.11. The van der Waals surface area contributed by atoms with E-state index in [-0.39, 0.29) is 0 Å². The summed E-state index contributed by atoms with van der Waals surface area (Å²) >= 11 is 0. The Morgan fingerprint density at radius 1 is 1.62 bits per heavy atom. The zero-order valence-electron chi connectivity index (χ0n) is 9.11. The summed E-state index contributed by atoms with van der Waals surface area (Å²) < 4.78 is 0. The van der Waals surface area contributed by atoms with E-state index in [2.05, 4.69) is 10.3 Å². The van der Waals surface area contributed by atoms with Crippen LogP contribution < -0.4 is 10.9 Å². The van der Waals surface area contributed by atoms with Crippen LogP contribution in [-0.4, -0.2) is 23.5 Å². The fourth-order valence-electron chi connectivity index (χ4n) is 1.32. The maximum atomic E-state index is 11.2. The highest BCUT2D eigenvalue weighted by atomic mass is 16.6. The van der Waals surface area contributed by atoms with Gasteiger partial charge in [0.25, 0.3) is 0 Å². The Balaban J connectivity index is 3.19. The molecule has 0 aliphatic rings. The molecule has 1 aromatic rings. The number of aromatic amines is 1. The van der Waals surface area contributed by atoms with Gasteiger partial charge in [-0.1, -0.05) is 12.2 Å². The summed E-state index contributed by atoms with van der Waals surface area (Å²) in [6.07, 6.45) is 5.02. The first-order valence-corrected chi connectivity index (χ1v) is 4.75. The van der Waals surface area contributed by atoms with E-state index < -0.39 is 16.2 Å². The second-order valence-corrected chi connectivity index (χ2v) is 3.26. The number of H-pyrrole nitrogens is 1. The van der Waals surface area contributed by atoms with Crippen molar-refractivity contribution in [3.63, 3.8) is 0 Å². The third-order valence-corrected chi connectivity index (χ3v) is 2.16. The van der Waals surface area contributed by atoms with E-state index in [4.69, 9.17) is 0 Å². The van der Waals surface area contributed by atoms with Crippen LogP contribution in [0.2, 0.25) is 0 Å². The van der Waals surface area contributed by atoms with Gasteiger partial charge in [0, 0.05) is 23.9 Å². The highest BCUT2D eigenvalue weighted by Crippen LogP contribution is 2.16. The Kier molecular flexibility index (Phi) is 3.96. The second-order valence-electron chi connectivity index (χ2n) is 3.26. The van der Waals surface area contributed by atoms with E-state index in [1.54, 1.807) is 20.0 Å². The number of likely N-dealkylation sites (N-methyl/N-ethyl adjacent to an activating group) is 1. The van der Waals surface area contributed by atoms with Crippen molar-refractivity contribution in [1.29, 1.82) is 0 Å². The molecule has 1 rings (SSSR count). The number of nitrogens with one attached hydrogen (secondary N) is 2. The number of nitrogens with zero attached hydrogens (tertiary/aromatic N) is 1. The first-order chi connectivity index (χ1) is 7.57. The van der Waals surface area contributed by atoms with E-state index in [1.807, 2.05) is 6.08 Å². The average Bonchev–Trinajstić information content (AvgIpc) is 2.21. The topological polar surface area (TPSA) is 88.0 Å². The monoisotopic (exact) mass is 223 g/mol. The molecule has 0 fully saturated rings. The van der Waals surface area contributed by atoms with Crippen LogP contribution in [0.25, 0.3) is 6.08 Å². The lowest BCUT2D eigenvalue weighted by Gasteiger charge is -2.00. The van der Waals surface area contributed by atoms with E-state index in [0.29, 0.717) is 17.7 Å². The molecule has 0 saturated heterocycles. The van der Waals surface area contributed by atoms with Crippen molar-refractivity contribution >= 4 is 11.8 Å². The molecule has 0 amide bonds. The Morgan fingerprint density at radius 2 is 2.31 bits per heavy atom. The third kappa shape index (κ3) is 2.54. The number of pyridine rings is 1. The number of rotatable bonds is 4. The standard InChI is InChI=1S/C10H13N3O3/c1-7-8(4-3-5-11-2)6-12-10(14)9(7)13(15)16/h3-4,6,11H,5H2,1-2H3,(H,12,14). The van der Waals surface area contributed by atoms with Crippen molar-refractivity contribution < 1.29 is 4.92 Å². The molecule has 16 heavy (non-hydrogen) atoms. The van der Waals surface area contributed by atoms with Crippen LogP contribution in [0.4, 0.5) is 5.69 Å². The smallest absolute Gasteiger partial charge is 0.323 e. The minimum absolute atomic E-state index is 0.376. The van der Waals surface area contributed by atoms with E-state index >= 15 is 0 Å². The Bertz CT molecular complexity index is 477. The molecule has 1 heterocycles. The third-order valence-electron chi connectivity index (χ3n) is 2.16. The molecule has 6 nitrogen and oxygen atoms in total. The van der Waals surface area contributed by atoms with Crippen molar-refractivity contribution in [2.24, 2.45) is 0 Å². The van der Waals surface area contributed by atoms with Crippen molar-refractivity contribution in [2.75, 3.05) is 13.6 Å². The first-order valence-electron chi connectivity index (χ1n) is 4.75. The Hall–Kier alpha value is -1.95. The van der Waals surface area contributed by atoms with Crippen LogP contribution in [0.15, 0.2) is 17.1 Å². The number of aromatic nitrogens is 1.